The summed E-state index contributed by atoms with van der Waals surface area (Å²) in [6.45, 7) is 0. The van der Waals surface area contributed by atoms with Crippen molar-refractivity contribution in [3.05, 3.63) is 89.2 Å². The zero-order valence-corrected chi connectivity index (χ0v) is 16.8. The Hall–Kier alpha value is -4.09. The molecule has 3 aromatic rings. The largest absolute Gasteiger partial charge is 0.418 e. The van der Waals surface area contributed by atoms with Crippen LogP contribution in [0, 0.1) is 5.82 Å². The van der Waals surface area contributed by atoms with Crippen molar-refractivity contribution in [2.45, 2.75) is 12.4 Å². The maximum absolute atomic E-state index is 13.8. The average molecular weight is 485 g/mol. The van der Waals surface area contributed by atoms with Crippen molar-refractivity contribution in [1.29, 1.82) is 0 Å². The molecular weight excluding hydrogens is 471 g/mol. The molecule has 3 aromatic carbocycles. The third-order valence-corrected chi connectivity index (χ3v) is 4.42. The summed E-state index contributed by atoms with van der Waals surface area (Å²) in [5.41, 5.74) is -3.75. The number of amides is 3. The lowest BCUT2D eigenvalue weighted by Gasteiger charge is -2.16. The van der Waals surface area contributed by atoms with Crippen molar-refractivity contribution in [3.63, 3.8) is 0 Å². The summed E-state index contributed by atoms with van der Waals surface area (Å²) in [6.07, 6.45) is -9.52. The van der Waals surface area contributed by atoms with E-state index in [2.05, 4.69) is 10.6 Å². The van der Waals surface area contributed by atoms with Gasteiger partial charge in [0.25, 0.3) is 5.91 Å². The van der Waals surface area contributed by atoms with Crippen LogP contribution in [0.4, 0.5) is 52.6 Å². The number of hydrogen-bond donors (Lipinski definition) is 3. The van der Waals surface area contributed by atoms with E-state index in [0.717, 1.165) is 48.5 Å². The number of benzene rings is 3. The first-order valence-corrected chi connectivity index (χ1v) is 9.37. The van der Waals surface area contributed by atoms with Crippen molar-refractivity contribution >= 4 is 29.0 Å². The van der Waals surface area contributed by atoms with E-state index in [9.17, 15) is 40.3 Å². The maximum Gasteiger partial charge on any atom is 0.418 e. The Morgan fingerprint density at radius 3 is 1.85 bits per heavy atom. The van der Waals surface area contributed by atoms with Crippen LogP contribution in [-0.4, -0.2) is 11.9 Å². The number of carbonyl (C=O) groups excluding carboxylic acids is 2. The van der Waals surface area contributed by atoms with E-state index in [0.29, 0.717) is 6.07 Å². The predicted molar refractivity (Wildman–Crippen MR) is 110 cm³/mol. The minimum absolute atomic E-state index is 0.0321. The molecule has 5 nitrogen and oxygen atoms in total. The topological polar surface area (TPSA) is 70.2 Å². The number of carbonyl (C=O) groups is 2. The summed E-state index contributed by atoms with van der Waals surface area (Å²) in [4.78, 5) is 24.3. The zero-order valence-electron chi connectivity index (χ0n) is 16.8. The molecule has 0 aromatic heterocycles. The lowest BCUT2D eigenvalue weighted by molar-refractivity contribution is -0.138. The summed E-state index contributed by atoms with van der Waals surface area (Å²) in [5.74, 6) is -2.03. The fraction of sp³-hybridized carbons (Fsp3) is 0.0909. The predicted octanol–water partition coefficient (Wildman–Crippen LogP) is 6.76. The summed E-state index contributed by atoms with van der Waals surface area (Å²) < 4.78 is 92.1. The molecule has 0 spiro atoms. The summed E-state index contributed by atoms with van der Waals surface area (Å²) in [7, 11) is 0. The molecule has 12 heteroatoms. The Labute approximate surface area is 187 Å². The van der Waals surface area contributed by atoms with Crippen LogP contribution in [-0.2, 0) is 12.4 Å². The van der Waals surface area contributed by atoms with Gasteiger partial charge in [-0.1, -0.05) is 12.1 Å². The average Bonchev–Trinajstić information content (AvgIpc) is 2.74. The van der Waals surface area contributed by atoms with Crippen LogP contribution < -0.4 is 16.0 Å². The van der Waals surface area contributed by atoms with E-state index in [4.69, 9.17) is 0 Å². The highest BCUT2D eigenvalue weighted by atomic mass is 19.4. The van der Waals surface area contributed by atoms with Crippen molar-refractivity contribution in [2.75, 3.05) is 16.0 Å². The minimum Gasteiger partial charge on any atom is -0.321 e. The van der Waals surface area contributed by atoms with Crippen LogP contribution in [0.1, 0.15) is 21.5 Å². The second kappa shape index (κ2) is 9.41. The lowest BCUT2D eigenvalue weighted by Crippen LogP contribution is -2.21. The fourth-order valence-electron chi connectivity index (χ4n) is 2.84. The van der Waals surface area contributed by atoms with Crippen LogP contribution in [0.3, 0.4) is 0 Å². The molecule has 0 aliphatic heterocycles. The molecule has 3 amide bonds. The smallest absolute Gasteiger partial charge is 0.321 e. The fourth-order valence-corrected chi connectivity index (χ4v) is 2.84. The molecule has 178 valence electrons. The molecule has 0 bridgehead atoms. The van der Waals surface area contributed by atoms with Crippen LogP contribution in [0.15, 0.2) is 66.7 Å². The first-order valence-electron chi connectivity index (χ1n) is 9.37. The van der Waals surface area contributed by atoms with Crippen LogP contribution in [0.5, 0.6) is 0 Å². The van der Waals surface area contributed by atoms with Crippen molar-refractivity contribution in [3.8, 4) is 0 Å². The highest BCUT2D eigenvalue weighted by Crippen LogP contribution is 2.37. The molecule has 3 N–H and O–H groups in total. The van der Waals surface area contributed by atoms with Crippen LogP contribution >= 0.6 is 0 Å². The summed E-state index contributed by atoms with van der Waals surface area (Å²) in [5, 5.41) is 6.31. The van der Waals surface area contributed by atoms with Gasteiger partial charge in [-0.2, -0.15) is 26.3 Å². The molecule has 0 saturated heterocycles. The molecule has 3 rings (SSSR count). The van der Waals surface area contributed by atoms with Gasteiger partial charge in [-0.15, -0.1) is 0 Å². The van der Waals surface area contributed by atoms with E-state index in [-0.39, 0.29) is 11.4 Å². The molecule has 0 unspecified atom stereocenters. The third kappa shape index (κ3) is 6.03. The van der Waals surface area contributed by atoms with Gasteiger partial charge in [0.15, 0.2) is 0 Å². The minimum atomic E-state index is -4.95. The molecule has 0 atom stereocenters. The molecular formula is C22H14F7N3O2. The molecule has 0 aliphatic rings. The molecule has 0 fully saturated rings. The maximum atomic E-state index is 13.8. The number of rotatable bonds is 4. The van der Waals surface area contributed by atoms with E-state index >= 15 is 0 Å². The molecule has 0 aliphatic carbocycles. The SMILES string of the molecule is O=C(Nc1ccc(C(F)(F)F)cc1)Nc1ccc(NC(=O)c2ccccc2F)c(C(F)(F)F)c1. The van der Waals surface area contributed by atoms with Gasteiger partial charge in [0.2, 0.25) is 0 Å². The third-order valence-electron chi connectivity index (χ3n) is 4.42. The van der Waals surface area contributed by atoms with Crippen molar-refractivity contribution in [1.82, 2.24) is 0 Å². The van der Waals surface area contributed by atoms with Gasteiger partial charge in [0.1, 0.15) is 5.82 Å². The van der Waals surface area contributed by atoms with E-state index in [1.165, 1.54) is 12.1 Å². The Bertz CT molecular complexity index is 1210. The number of nitrogens with one attached hydrogen (secondary N) is 3. The number of hydrogen-bond acceptors (Lipinski definition) is 2. The highest BCUT2D eigenvalue weighted by Gasteiger charge is 2.35. The van der Waals surface area contributed by atoms with E-state index in [1.807, 2.05) is 5.32 Å². The van der Waals surface area contributed by atoms with E-state index < -0.39 is 52.5 Å². The standard InChI is InChI=1S/C22H14F7N3O2/c23-17-4-2-1-3-15(17)19(33)32-18-10-9-14(11-16(18)22(27,28)29)31-20(34)30-13-7-5-12(6-8-13)21(24,25)26/h1-11H,(H,32,33)(H2,30,31,34). The van der Waals surface area contributed by atoms with Gasteiger partial charge in [0.05, 0.1) is 22.4 Å². The van der Waals surface area contributed by atoms with Crippen LogP contribution in [0.2, 0.25) is 0 Å². The van der Waals surface area contributed by atoms with Gasteiger partial charge < -0.3 is 16.0 Å². The summed E-state index contributed by atoms with van der Waals surface area (Å²) >= 11 is 0. The molecule has 0 radical (unpaired) electrons. The number of halogens is 7. The second-order valence-corrected chi connectivity index (χ2v) is 6.85. The monoisotopic (exact) mass is 485 g/mol. The van der Waals surface area contributed by atoms with Gasteiger partial charge in [0, 0.05) is 11.4 Å². The highest BCUT2D eigenvalue weighted by molar-refractivity contribution is 6.05. The first-order chi connectivity index (χ1) is 15.8. The Morgan fingerprint density at radius 2 is 1.26 bits per heavy atom. The van der Waals surface area contributed by atoms with Crippen molar-refractivity contribution in [2.24, 2.45) is 0 Å². The Kier molecular flexibility index (Phi) is 6.80. The number of urea groups is 1. The van der Waals surface area contributed by atoms with Gasteiger partial charge >= 0.3 is 18.4 Å². The molecule has 34 heavy (non-hydrogen) atoms. The second-order valence-electron chi connectivity index (χ2n) is 6.85. The van der Waals surface area contributed by atoms with Crippen LogP contribution in [0.25, 0.3) is 0 Å². The Morgan fingerprint density at radius 1 is 0.676 bits per heavy atom. The lowest BCUT2D eigenvalue weighted by atomic mass is 10.1. The zero-order chi connectivity index (χ0) is 25.1. The van der Waals surface area contributed by atoms with Crippen molar-refractivity contribution < 1.29 is 40.3 Å². The molecule has 0 saturated carbocycles. The normalized spacial score (nSPS) is 11.6. The first kappa shape index (κ1) is 24.6. The Balaban J connectivity index is 1.76. The number of anilines is 3. The van der Waals surface area contributed by atoms with Gasteiger partial charge in [-0.25, -0.2) is 9.18 Å². The summed E-state index contributed by atoms with van der Waals surface area (Å²) in [6, 6.07) is 9.58. The van der Waals surface area contributed by atoms with Gasteiger partial charge in [-0.3, -0.25) is 4.79 Å². The quantitative estimate of drug-likeness (QED) is 0.358. The van der Waals surface area contributed by atoms with Gasteiger partial charge in [-0.05, 0) is 54.6 Å². The number of alkyl halides is 6. The molecule has 0 heterocycles. The van der Waals surface area contributed by atoms with E-state index in [1.54, 1.807) is 0 Å².